The van der Waals surface area contributed by atoms with Crippen LogP contribution in [0.3, 0.4) is 0 Å². The second-order valence-electron chi connectivity index (χ2n) is 6.57. The maximum atomic E-state index is 13.0. The lowest BCUT2D eigenvalue weighted by Gasteiger charge is -2.32. The number of halogens is 3. The summed E-state index contributed by atoms with van der Waals surface area (Å²) in [5.74, 6) is -0.178. The third-order valence-corrected chi connectivity index (χ3v) is 4.63. The van der Waals surface area contributed by atoms with Gasteiger partial charge >= 0.3 is 12.2 Å². The predicted molar refractivity (Wildman–Crippen MR) is 99.0 cm³/mol. The zero-order valence-electron chi connectivity index (χ0n) is 15.0. The van der Waals surface area contributed by atoms with Gasteiger partial charge in [0.25, 0.3) is 5.91 Å². The molecule has 0 aliphatic carbocycles. The number of rotatable bonds is 3. The number of benzene rings is 2. The average Bonchev–Trinajstić information content (AvgIpc) is 2.69. The molecule has 28 heavy (non-hydrogen) atoms. The SMILES string of the molecule is O=C(NC1CCN(C(=O)Nc2ccccc2C(F)(F)F)CC1)c1ccccc1. The molecular weight excluding hydrogens is 371 g/mol. The number of piperidine rings is 1. The molecule has 1 aliphatic heterocycles. The normalized spacial score (nSPS) is 15.2. The Morgan fingerprint density at radius 3 is 2.18 bits per heavy atom. The lowest BCUT2D eigenvalue weighted by atomic mass is 10.0. The number of alkyl halides is 3. The summed E-state index contributed by atoms with van der Waals surface area (Å²) in [5, 5.41) is 5.28. The summed E-state index contributed by atoms with van der Waals surface area (Å²) in [5.41, 5.74) is -0.584. The third kappa shape index (κ3) is 4.82. The van der Waals surface area contributed by atoms with Crippen LogP contribution in [0.25, 0.3) is 0 Å². The van der Waals surface area contributed by atoms with Gasteiger partial charge in [-0.1, -0.05) is 30.3 Å². The lowest BCUT2D eigenvalue weighted by molar-refractivity contribution is -0.136. The van der Waals surface area contributed by atoms with E-state index in [1.807, 2.05) is 6.07 Å². The van der Waals surface area contributed by atoms with E-state index in [2.05, 4.69) is 10.6 Å². The standard InChI is InChI=1S/C20H20F3N3O2/c21-20(22,23)16-8-4-5-9-17(16)25-19(28)26-12-10-15(11-13-26)24-18(27)14-6-2-1-3-7-14/h1-9,15H,10-13H2,(H,24,27)(H,25,28). The summed E-state index contributed by atoms with van der Waals surface area (Å²) >= 11 is 0. The predicted octanol–water partition coefficient (Wildman–Crippen LogP) is 4.13. The van der Waals surface area contributed by atoms with Gasteiger partial charge in [0.05, 0.1) is 11.3 Å². The van der Waals surface area contributed by atoms with Crippen molar-refractivity contribution < 1.29 is 22.8 Å². The molecule has 1 aliphatic rings. The molecule has 0 saturated carbocycles. The molecule has 0 bridgehead atoms. The number of urea groups is 1. The number of nitrogens with one attached hydrogen (secondary N) is 2. The van der Waals surface area contributed by atoms with E-state index < -0.39 is 17.8 Å². The van der Waals surface area contributed by atoms with E-state index in [0.29, 0.717) is 31.5 Å². The maximum Gasteiger partial charge on any atom is 0.418 e. The number of likely N-dealkylation sites (tertiary alicyclic amines) is 1. The van der Waals surface area contributed by atoms with Crippen molar-refractivity contribution in [2.75, 3.05) is 18.4 Å². The van der Waals surface area contributed by atoms with Crippen LogP contribution in [0.5, 0.6) is 0 Å². The molecule has 2 N–H and O–H groups in total. The van der Waals surface area contributed by atoms with Crippen molar-refractivity contribution >= 4 is 17.6 Å². The third-order valence-electron chi connectivity index (χ3n) is 4.63. The zero-order valence-corrected chi connectivity index (χ0v) is 15.0. The van der Waals surface area contributed by atoms with E-state index >= 15 is 0 Å². The first-order valence-electron chi connectivity index (χ1n) is 8.92. The molecule has 5 nitrogen and oxygen atoms in total. The second-order valence-corrected chi connectivity index (χ2v) is 6.57. The van der Waals surface area contributed by atoms with Crippen LogP contribution in [0.15, 0.2) is 54.6 Å². The first kappa shape index (κ1) is 19.7. The Morgan fingerprint density at radius 1 is 0.929 bits per heavy atom. The fraction of sp³-hybridized carbons (Fsp3) is 0.300. The van der Waals surface area contributed by atoms with Crippen molar-refractivity contribution in [3.05, 3.63) is 65.7 Å². The summed E-state index contributed by atoms with van der Waals surface area (Å²) in [6.45, 7) is 0.694. The number of carbonyl (C=O) groups is 2. The number of para-hydroxylation sites is 1. The quantitative estimate of drug-likeness (QED) is 0.827. The van der Waals surface area contributed by atoms with Crippen LogP contribution < -0.4 is 10.6 Å². The van der Waals surface area contributed by atoms with E-state index in [1.165, 1.54) is 23.1 Å². The van der Waals surface area contributed by atoms with E-state index in [1.54, 1.807) is 24.3 Å². The molecule has 8 heteroatoms. The van der Waals surface area contributed by atoms with Gasteiger partial charge < -0.3 is 15.5 Å². The van der Waals surface area contributed by atoms with Crippen molar-refractivity contribution in [2.45, 2.75) is 25.1 Å². The first-order valence-corrected chi connectivity index (χ1v) is 8.92. The van der Waals surface area contributed by atoms with Gasteiger partial charge in [-0.2, -0.15) is 13.2 Å². The van der Waals surface area contributed by atoms with Crippen LogP contribution >= 0.6 is 0 Å². The van der Waals surface area contributed by atoms with Crippen molar-refractivity contribution in [3.63, 3.8) is 0 Å². The molecule has 3 rings (SSSR count). The molecule has 0 radical (unpaired) electrons. The Kier molecular flexibility index (Phi) is 5.87. The van der Waals surface area contributed by atoms with Gasteiger partial charge in [0, 0.05) is 24.7 Å². The number of hydrogen-bond donors (Lipinski definition) is 2. The van der Waals surface area contributed by atoms with Gasteiger partial charge in [-0.15, -0.1) is 0 Å². The number of anilines is 1. The van der Waals surface area contributed by atoms with Crippen molar-refractivity contribution in [1.29, 1.82) is 0 Å². The van der Waals surface area contributed by atoms with Crippen LogP contribution in [-0.4, -0.2) is 36.0 Å². The number of nitrogens with zero attached hydrogens (tertiary/aromatic N) is 1. The number of amides is 3. The Hall–Kier alpha value is -3.03. The van der Waals surface area contributed by atoms with Gasteiger partial charge in [0.2, 0.25) is 0 Å². The molecule has 0 spiro atoms. The molecule has 1 saturated heterocycles. The Morgan fingerprint density at radius 2 is 1.54 bits per heavy atom. The van der Waals surface area contributed by atoms with Gasteiger partial charge in [-0.25, -0.2) is 4.79 Å². The zero-order chi connectivity index (χ0) is 20.1. The van der Waals surface area contributed by atoms with Gasteiger partial charge in [-0.3, -0.25) is 4.79 Å². The summed E-state index contributed by atoms with van der Waals surface area (Å²) in [6, 6.07) is 13.0. The minimum atomic E-state index is -4.54. The van der Waals surface area contributed by atoms with E-state index in [4.69, 9.17) is 0 Å². The molecule has 3 amide bonds. The van der Waals surface area contributed by atoms with E-state index in [9.17, 15) is 22.8 Å². The highest BCUT2D eigenvalue weighted by Gasteiger charge is 2.34. The highest BCUT2D eigenvalue weighted by molar-refractivity contribution is 5.94. The minimum absolute atomic E-state index is 0.0841. The van der Waals surface area contributed by atoms with E-state index in [0.717, 1.165) is 6.07 Å². The fourth-order valence-corrected chi connectivity index (χ4v) is 3.12. The average molecular weight is 391 g/mol. The van der Waals surface area contributed by atoms with Gasteiger partial charge in [0.15, 0.2) is 0 Å². The highest BCUT2D eigenvalue weighted by Crippen LogP contribution is 2.34. The van der Waals surface area contributed by atoms with Crippen LogP contribution in [-0.2, 0) is 6.18 Å². The Labute approximate surface area is 160 Å². The maximum absolute atomic E-state index is 13.0. The monoisotopic (exact) mass is 391 g/mol. The molecule has 2 aromatic carbocycles. The molecule has 0 aromatic heterocycles. The topological polar surface area (TPSA) is 61.4 Å². The second kappa shape index (κ2) is 8.33. The van der Waals surface area contributed by atoms with Gasteiger partial charge in [0.1, 0.15) is 0 Å². The van der Waals surface area contributed by atoms with Crippen molar-refractivity contribution in [2.24, 2.45) is 0 Å². The molecule has 2 aromatic rings. The summed E-state index contributed by atoms with van der Waals surface area (Å²) in [6.07, 6.45) is -3.47. The number of carbonyl (C=O) groups excluding carboxylic acids is 2. The number of hydrogen-bond acceptors (Lipinski definition) is 2. The van der Waals surface area contributed by atoms with Crippen molar-refractivity contribution in [1.82, 2.24) is 10.2 Å². The smallest absolute Gasteiger partial charge is 0.349 e. The highest BCUT2D eigenvalue weighted by atomic mass is 19.4. The Balaban J connectivity index is 1.54. The molecule has 148 valence electrons. The lowest BCUT2D eigenvalue weighted by Crippen LogP contribution is -2.47. The largest absolute Gasteiger partial charge is 0.418 e. The minimum Gasteiger partial charge on any atom is -0.349 e. The summed E-state index contributed by atoms with van der Waals surface area (Å²) in [4.78, 5) is 26.0. The molecule has 1 fully saturated rings. The van der Waals surface area contributed by atoms with Crippen LogP contribution in [0.1, 0.15) is 28.8 Å². The van der Waals surface area contributed by atoms with E-state index in [-0.39, 0.29) is 17.6 Å². The van der Waals surface area contributed by atoms with Crippen molar-refractivity contribution in [3.8, 4) is 0 Å². The molecule has 0 atom stereocenters. The molecular formula is C20H20F3N3O2. The summed E-state index contributed by atoms with van der Waals surface area (Å²) in [7, 11) is 0. The first-order chi connectivity index (χ1) is 13.3. The fourth-order valence-electron chi connectivity index (χ4n) is 3.12. The van der Waals surface area contributed by atoms with Gasteiger partial charge in [-0.05, 0) is 37.1 Å². The molecule has 1 heterocycles. The van der Waals surface area contributed by atoms with Crippen LogP contribution in [0.2, 0.25) is 0 Å². The van der Waals surface area contributed by atoms with Crippen LogP contribution in [0, 0.1) is 0 Å². The Bertz CT molecular complexity index is 832. The molecule has 0 unspecified atom stereocenters. The summed E-state index contributed by atoms with van der Waals surface area (Å²) < 4.78 is 39.1. The van der Waals surface area contributed by atoms with Crippen LogP contribution in [0.4, 0.5) is 23.7 Å².